The number of nitrogens with zero attached hydrogens (tertiary/aromatic N) is 1. The monoisotopic (exact) mass is 261 g/mol. The molecule has 3 heteroatoms. The summed E-state index contributed by atoms with van der Waals surface area (Å²) in [5.41, 5.74) is 2.17. The van der Waals surface area contributed by atoms with Gasteiger partial charge in [0, 0.05) is 6.54 Å². The first-order chi connectivity index (χ1) is 9.09. The lowest BCUT2D eigenvalue weighted by Crippen LogP contribution is -2.40. The molecule has 0 spiro atoms. The van der Waals surface area contributed by atoms with E-state index in [4.69, 9.17) is 0 Å². The van der Waals surface area contributed by atoms with Crippen LogP contribution in [0.15, 0.2) is 24.3 Å². The standard InChI is InChI=1S/C16H23NO2/c1-12(2)6-5-10-17-11-9-13-7-3-4-8-14(13)15(17)16(18)19/h3-4,7-8,12,15H,5-6,9-11H2,1-2H3,(H,18,19). The summed E-state index contributed by atoms with van der Waals surface area (Å²) < 4.78 is 0. The maximum atomic E-state index is 11.6. The number of hydrogen-bond donors (Lipinski definition) is 1. The van der Waals surface area contributed by atoms with Crippen LogP contribution in [-0.4, -0.2) is 29.1 Å². The molecule has 1 aromatic rings. The zero-order chi connectivity index (χ0) is 13.8. The van der Waals surface area contributed by atoms with Gasteiger partial charge in [0.05, 0.1) is 0 Å². The molecular weight excluding hydrogens is 238 g/mol. The number of carboxylic acids is 1. The Morgan fingerprint density at radius 1 is 1.42 bits per heavy atom. The van der Waals surface area contributed by atoms with E-state index in [0.717, 1.165) is 37.9 Å². The predicted molar refractivity (Wildman–Crippen MR) is 76.2 cm³/mol. The van der Waals surface area contributed by atoms with E-state index in [1.165, 1.54) is 5.56 Å². The van der Waals surface area contributed by atoms with Gasteiger partial charge >= 0.3 is 5.97 Å². The number of hydrogen-bond acceptors (Lipinski definition) is 2. The third kappa shape index (κ3) is 3.35. The Bertz CT molecular complexity index is 442. The highest BCUT2D eigenvalue weighted by molar-refractivity contribution is 5.76. The SMILES string of the molecule is CC(C)CCCN1CCc2ccccc2C1C(=O)O. The summed E-state index contributed by atoms with van der Waals surface area (Å²) in [7, 11) is 0. The van der Waals surface area contributed by atoms with E-state index in [1.54, 1.807) is 0 Å². The van der Waals surface area contributed by atoms with E-state index in [2.05, 4.69) is 24.8 Å². The van der Waals surface area contributed by atoms with Crippen molar-refractivity contribution >= 4 is 5.97 Å². The van der Waals surface area contributed by atoms with E-state index in [9.17, 15) is 9.90 Å². The number of benzene rings is 1. The van der Waals surface area contributed by atoms with Crippen LogP contribution < -0.4 is 0 Å². The maximum Gasteiger partial charge on any atom is 0.325 e. The summed E-state index contributed by atoms with van der Waals surface area (Å²) in [5.74, 6) is -0.0444. The normalized spacial score (nSPS) is 19.4. The van der Waals surface area contributed by atoms with Crippen molar-refractivity contribution in [3.8, 4) is 0 Å². The van der Waals surface area contributed by atoms with Crippen molar-refractivity contribution < 1.29 is 9.90 Å². The van der Waals surface area contributed by atoms with Crippen LogP contribution in [0.2, 0.25) is 0 Å². The first-order valence-electron chi connectivity index (χ1n) is 7.14. The molecule has 1 N–H and O–H groups in total. The second kappa shape index (κ2) is 6.20. The first-order valence-corrected chi connectivity index (χ1v) is 7.14. The third-order valence-electron chi connectivity index (χ3n) is 3.84. The molecule has 1 unspecified atom stereocenters. The van der Waals surface area contributed by atoms with Gasteiger partial charge in [-0.2, -0.15) is 0 Å². The van der Waals surface area contributed by atoms with Gasteiger partial charge in [-0.25, -0.2) is 0 Å². The Balaban J connectivity index is 2.11. The van der Waals surface area contributed by atoms with E-state index in [1.807, 2.05) is 18.2 Å². The molecule has 1 aliphatic rings. The van der Waals surface area contributed by atoms with Gasteiger partial charge in [-0.05, 0) is 42.9 Å². The number of aliphatic carboxylic acids is 1. The molecule has 1 aliphatic heterocycles. The van der Waals surface area contributed by atoms with Crippen molar-refractivity contribution in [3.05, 3.63) is 35.4 Å². The fraction of sp³-hybridized carbons (Fsp3) is 0.562. The minimum Gasteiger partial charge on any atom is -0.480 e. The molecule has 0 bridgehead atoms. The summed E-state index contributed by atoms with van der Waals surface area (Å²) in [5, 5.41) is 9.52. The Labute approximate surface area is 115 Å². The number of fused-ring (bicyclic) bond motifs is 1. The van der Waals surface area contributed by atoms with Gasteiger partial charge in [-0.15, -0.1) is 0 Å². The summed E-state index contributed by atoms with van der Waals surface area (Å²) >= 11 is 0. The van der Waals surface area contributed by atoms with Crippen LogP contribution in [0.3, 0.4) is 0 Å². The van der Waals surface area contributed by atoms with Gasteiger partial charge in [0.1, 0.15) is 6.04 Å². The molecule has 0 fully saturated rings. The summed E-state index contributed by atoms with van der Waals surface area (Å²) in [6.45, 7) is 6.15. The molecule has 104 valence electrons. The van der Waals surface area contributed by atoms with Crippen molar-refractivity contribution in [2.24, 2.45) is 5.92 Å². The molecule has 0 saturated heterocycles. The van der Waals surface area contributed by atoms with E-state index < -0.39 is 12.0 Å². The number of rotatable bonds is 5. The van der Waals surface area contributed by atoms with Gasteiger partial charge in [-0.3, -0.25) is 9.69 Å². The quantitative estimate of drug-likeness (QED) is 0.885. The van der Waals surface area contributed by atoms with E-state index in [-0.39, 0.29) is 0 Å². The van der Waals surface area contributed by atoms with E-state index >= 15 is 0 Å². The van der Waals surface area contributed by atoms with Crippen LogP contribution in [0.1, 0.15) is 43.9 Å². The lowest BCUT2D eigenvalue weighted by molar-refractivity contribution is -0.144. The highest BCUT2D eigenvalue weighted by Crippen LogP contribution is 2.30. The minimum atomic E-state index is -0.725. The Kier molecular flexibility index (Phi) is 4.59. The van der Waals surface area contributed by atoms with Gasteiger partial charge < -0.3 is 5.11 Å². The van der Waals surface area contributed by atoms with Crippen LogP contribution in [-0.2, 0) is 11.2 Å². The van der Waals surface area contributed by atoms with Crippen molar-refractivity contribution in [1.29, 1.82) is 0 Å². The highest BCUT2D eigenvalue weighted by atomic mass is 16.4. The minimum absolute atomic E-state index is 0.461. The lowest BCUT2D eigenvalue weighted by atomic mass is 9.92. The van der Waals surface area contributed by atoms with Crippen LogP contribution in [0, 0.1) is 5.92 Å². The molecule has 1 atom stereocenters. The van der Waals surface area contributed by atoms with Gasteiger partial charge in [-0.1, -0.05) is 38.1 Å². The fourth-order valence-electron chi connectivity index (χ4n) is 2.85. The Hall–Kier alpha value is -1.35. The van der Waals surface area contributed by atoms with Crippen molar-refractivity contribution in [2.75, 3.05) is 13.1 Å². The molecule has 19 heavy (non-hydrogen) atoms. The lowest BCUT2D eigenvalue weighted by Gasteiger charge is -2.34. The third-order valence-corrected chi connectivity index (χ3v) is 3.84. The largest absolute Gasteiger partial charge is 0.480 e. The molecule has 0 aliphatic carbocycles. The summed E-state index contributed by atoms with van der Waals surface area (Å²) in [6.07, 6.45) is 3.19. The average Bonchev–Trinajstić information content (AvgIpc) is 2.37. The molecule has 2 rings (SSSR count). The highest BCUT2D eigenvalue weighted by Gasteiger charge is 2.32. The number of carboxylic acid groups (broad SMARTS) is 1. The Morgan fingerprint density at radius 3 is 2.84 bits per heavy atom. The molecule has 0 amide bonds. The molecule has 3 nitrogen and oxygen atoms in total. The molecular formula is C16H23NO2. The van der Waals surface area contributed by atoms with Crippen LogP contribution >= 0.6 is 0 Å². The molecule has 0 aromatic heterocycles. The number of carbonyl (C=O) groups is 1. The summed E-state index contributed by atoms with van der Waals surface area (Å²) in [4.78, 5) is 13.7. The second-order valence-electron chi connectivity index (χ2n) is 5.76. The zero-order valence-electron chi connectivity index (χ0n) is 11.8. The average molecular weight is 261 g/mol. The summed E-state index contributed by atoms with van der Waals surface area (Å²) in [6, 6.07) is 7.48. The zero-order valence-corrected chi connectivity index (χ0v) is 11.8. The van der Waals surface area contributed by atoms with E-state index in [0.29, 0.717) is 5.92 Å². The molecule has 0 saturated carbocycles. The maximum absolute atomic E-state index is 11.6. The predicted octanol–water partition coefficient (Wildman–Crippen LogP) is 3.11. The molecule has 1 aromatic carbocycles. The van der Waals surface area contributed by atoms with Gasteiger partial charge in [0.25, 0.3) is 0 Å². The van der Waals surface area contributed by atoms with Crippen molar-refractivity contribution in [2.45, 2.75) is 39.2 Å². The molecule has 0 radical (unpaired) electrons. The van der Waals surface area contributed by atoms with Crippen molar-refractivity contribution in [1.82, 2.24) is 4.90 Å². The van der Waals surface area contributed by atoms with Crippen LogP contribution in [0.25, 0.3) is 0 Å². The van der Waals surface area contributed by atoms with Crippen LogP contribution in [0.4, 0.5) is 0 Å². The van der Waals surface area contributed by atoms with Crippen LogP contribution in [0.5, 0.6) is 0 Å². The second-order valence-corrected chi connectivity index (χ2v) is 5.76. The van der Waals surface area contributed by atoms with Gasteiger partial charge in [0.15, 0.2) is 0 Å². The fourth-order valence-corrected chi connectivity index (χ4v) is 2.85. The Morgan fingerprint density at radius 2 is 2.16 bits per heavy atom. The van der Waals surface area contributed by atoms with Crippen molar-refractivity contribution in [3.63, 3.8) is 0 Å². The molecule has 1 heterocycles. The topological polar surface area (TPSA) is 40.5 Å². The first kappa shape index (κ1) is 14.1. The van der Waals surface area contributed by atoms with Gasteiger partial charge in [0.2, 0.25) is 0 Å². The smallest absolute Gasteiger partial charge is 0.325 e.